The van der Waals surface area contributed by atoms with E-state index in [0.29, 0.717) is 19.1 Å². The van der Waals surface area contributed by atoms with Crippen LogP contribution in [0.2, 0.25) is 0 Å². The largest absolute Gasteiger partial charge is 0.491 e. The van der Waals surface area contributed by atoms with Crippen LogP contribution in [0.1, 0.15) is 49.8 Å². The number of likely N-dealkylation sites (tertiary alicyclic amines) is 1. The summed E-state index contributed by atoms with van der Waals surface area (Å²) in [5.41, 5.74) is 1.93. The van der Waals surface area contributed by atoms with Crippen LogP contribution in [0.5, 0.6) is 11.5 Å². The number of hydrogen-bond donors (Lipinski definition) is 0. The minimum atomic E-state index is -0.421. The quantitative estimate of drug-likeness (QED) is 0.735. The molecule has 0 N–H and O–H groups in total. The van der Waals surface area contributed by atoms with Gasteiger partial charge in [-0.15, -0.1) is 0 Å². The summed E-state index contributed by atoms with van der Waals surface area (Å²) in [4.78, 5) is 6.82. The molecule has 0 aliphatic carbocycles. The highest BCUT2D eigenvalue weighted by molar-refractivity contribution is 5.40. The molecule has 3 rings (SSSR count). The Balaban J connectivity index is 1.65. The Kier molecular flexibility index (Phi) is 6.14. The van der Waals surface area contributed by atoms with E-state index in [0.717, 1.165) is 49.6 Å². The van der Waals surface area contributed by atoms with Gasteiger partial charge in [-0.1, -0.05) is 0 Å². The lowest BCUT2D eigenvalue weighted by Crippen LogP contribution is -2.32. The Morgan fingerprint density at radius 1 is 1.15 bits per heavy atom. The third kappa shape index (κ3) is 4.36. The van der Waals surface area contributed by atoms with Crippen LogP contribution in [0.25, 0.3) is 0 Å². The number of aryl methyl sites for hydroxylation is 1. The minimum Gasteiger partial charge on any atom is -0.491 e. The smallest absolute Gasteiger partial charge is 0.206 e. The maximum absolute atomic E-state index is 14.4. The molecule has 5 nitrogen and oxygen atoms in total. The monoisotopic (exact) mass is 362 g/mol. The van der Waals surface area contributed by atoms with Gasteiger partial charge in [-0.05, 0) is 64.4 Å². The molecule has 6 heteroatoms. The zero-order valence-corrected chi connectivity index (χ0v) is 15.8. The predicted molar refractivity (Wildman–Crippen MR) is 97.2 cm³/mol. The zero-order chi connectivity index (χ0) is 18.5. The molecule has 1 saturated heterocycles. The molecule has 0 bridgehead atoms. The van der Waals surface area contributed by atoms with Crippen molar-refractivity contribution in [3.8, 4) is 11.5 Å². The van der Waals surface area contributed by atoms with Crippen LogP contribution in [0.4, 0.5) is 4.39 Å². The van der Waals surface area contributed by atoms with Gasteiger partial charge in [-0.25, -0.2) is 4.98 Å². The molecule has 0 spiro atoms. The number of piperidine rings is 1. The molecule has 142 valence electrons. The van der Waals surface area contributed by atoms with Crippen molar-refractivity contribution in [2.24, 2.45) is 0 Å². The Bertz CT molecular complexity index is 697. The van der Waals surface area contributed by atoms with E-state index in [-0.39, 0.29) is 11.5 Å². The number of hydrogen-bond acceptors (Lipinski definition) is 5. The van der Waals surface area contributed by atoms with Crippen molar-refractivity contribution in [2.75, 3.05) is 26.3 Å². The molecule has 0 amide bonds. The van der Waals surface area contributed by atoms with Gasteiger partial charge in [0.1, 0.15) is 6.26 Å². The fourth-order valence-corrected chi connectivity index (χ4v) is 3.39. The molecule has 1 aliphatic rings. The third-order valence-electron chi connectivity index (χ3n) is 4.65. The third-order valence-corrected chi connectivity index (χ3v) is 4.65. The van der Waals surface area contributed by atoms with E-state index in [2.05, 4.69) is 9.88 Å². The molecule has 0 radical (unpaired) electrons. The van der Waals surface area contributed by atoms with Crippen LogP contribution in [0, 0.1) is 12.7 Å². The summed E-state index contributed by atoms with van der Waals surface area (Å²) in [5, 5.41) is 0. The van der Waals surface area contributed by atoms with Crippen LogP contribution < -0.4 is 9.47 Å². The van der Waals surface area contributed by atoms with Gasteiger partial charge in [-0.2, -0.15) is 4.39 Å². The van der Waals surface area contributed by atoms with E-state index < -0.39 is 5.82 Å². The Morgan fingerprint density at radius 2 is 1.77 bits per heavy atom. The SMILES string of the molecule is CCOc1cc(CN2CCC(c3nc(C)co3)CC2)cc(OCC)c1F. The van der Waals surface area contributed by atoms with Gasteiger partial charge >= 0.3 is 0 Å². The van der Waals surface area contributed by atoms with Gasteiger partial charge < -0.3 is 13.9 Å². The second-order valence-electron chi connectivity index (χ2n) is 6.65. The Labute approximate surface area is 154 Å². The second-order valence-corrected chi connectivity index (χ2v) is 6.65. The number of halogens is 1. The highest BCUT2D eigenvalue weighted by Gasteiger charge is 2.24. The summed E-state index contributed by atoms with van der Waals surface area (Å²) in [7, 11) is 0. The standard InChI is InChI=1S/C20H27FN2O3/c1-4-24-17-10-15(11-18(19(17)21)25-5-2)12-23-8-6-16(7-9-23)20-22-14(3)13-26-20/h10-11,13,16H,4-9,12H2,1-3H3. The Morgan fingerprint density at radius 3 is 2.27 bits per heavy atom. The molecule has 0 saturated carbocycles. The van der Waals surface area contributed by atoms with E-state index >= 15 is 0 Å². The van der Waals surface area contributed by atoms with Gasteiger partial charge in [0.25, 0.3) is 0 Å². The van der Waals surface area contributed by atoms with Crippen LogP contribution >= 0.6 is 0 Å². The maximum Gasteiger partial charge on any atom is 0.206 e. The molecular weight excluding hydrogens is 335 g/mol. The van der Waals surface area contributed by atoms with Gasteiger partial charge in [0.15, 0.2) is 17.4 Å². The molecule has 0 unspecified atom stereocenters. The van der Waals surface area contributed by atoms with Crippen molar-refractivity contribution < 1.29 is 18.3 Å². The van der Waals surface area contributed by atoms with Gasteiger partial charge in [0.2, 0.25) is 5.82 Å². The molecule has 1 fully saturated rings. The summed E-state index contributed by atoms with van der Waals surface area (Å²) in [5.74, 6) is 1.33. The maximum atomic E-state index is 14.4. The first-order valence-corrected chi connectivity index (χ1v) is 9.33. The average Bonchev–Trinajstić information content (AvgIpc) is 3.06. The molecule has 26 heavy (non-hydrogen) atoms. The molecule has 2 heterocycles. The summed E-state index contributed by atoms with van der Waals surface area (Å²) in [6.07, 6.45) is 3.74. The van der Waals surface area contributed by atoms with Gasteiger partial charge in [-0.3, -0.25) is 4.90 Å². The lowest BCUT2D eigenvalue weighted by molar-refractivity contribution is 0.192. The lowest BCUT2D eigenvalue weighted by Gasteiger charge is -2.30. The van der Waals surface area contributed by atoms with Crippen molar-refractivity contribution in [3.05, 3.63) is 41.4 Å². The molecule has 0 atom stereocenters. The van der Waals surface area contributed by atoms with Crippen LogP contribution in [0.3, 0.4) is 0 Å². The summed E-state index contributed by atoms with van der Waals surface area (Å²) >= 11 is 0. The fourth-order valence-electron chi connectivity index (χ4n) is 3.39. The summed E-state index contributed by atoms with van der Waals surface area (Å²) in [6.45, 7) is 9.15. The van der Waals surface area contributed by atoms with Crippen LogP contribution in [-0.4, -0.2) is 36.2 Å². The van der Waals surface area contributed by atoms with E-state index in [9.17, 15) is 4.39 Å². The van der Waals surface area contributed by atoms with E-state index in [1.54, 1.807) is 18.4 Å². The molecule has 2 aromatic rings. The number of aromatic nitrogens is 1. The molecular formula is C20H27FN2O3. The summed E-state index contributed by atoms with van der Waals surface area (Å²) < 4.78 is 30.8. The van der Waals surface area contributed by atoms with Gasteiger partial charge in [0, 0.05) is 12.5 Å². The highest BCUT2D eigenvalue weighted by atomic mass is 19.1. The predicted octanol–water partition coefficient (Wildman–Crippen LogP) is 4.30. The number of oxazole rings is 1. The minimum absolute atomic E-state index is 0.263. The topological polar surface area (TPSA) is 47.7 Å². The van der Waals surface area contributed by atoms with E-state index in [4.69, 9.17) is 13.9 Å². The lowest BCUT2D eigenvalue weighted by atomic mass is 9.96. The van der Waals surface area contributed by atoms with Crippen molar-refractivity contribution in [1.82, 2.24) is 9.88 Å². The van der Waals surface area contributed by atoms with Crippen molar-refractivity contribution >= 4 is 0 Å². The molecule has 1 aliphatic heterocycles. The first-order valence-electron chi connectivity index (χ1n) is 9.33. The van der Waals surface area contributed by atoms with Gasteiger partial charge in [0.05, 0.1) is 18.9 Å². The first-order chi connectivity index (χ1) is 12.6. The molecule has 1 aromatic carbocycles. The second kappa shape index (κ2) is 8.54. The van der Waals surface area contributed by atoms with Crippen molar-refractivity contribution in [3.63, 3.8) is 0 Å². The highest BCUT2D eigenvalue weighted by Crippen LogP contribution is 2.32. The van der Waals surface area contributed by atoms with Crippen LogP contribution in [0.15, 0.2) is 22.8 Å². The van der Waals surface area contributed by atoms with Crippen molar-refractivity contribution in [2.45, 2.75) is 46.1 Å². The van der Waals surface area contributed by atoms with E-state index in [1.807, 2.05) is 20.8 Å². The number of ether oxygens (including phenoxy) is 2. The van der Waals surface area contributed by atoms with Crippen LogP contribution in [-0.2, 0) is 6.54 Å². The number of nitrogens with zero attached hydrogens (tertiary/aromatic N) is 2. The molecule has 1 aromatic heterocycles. The number of rotatable bonds is 7. The van der Waals surface area contributed by atoms with Crippen molar-refractivity contribution in [1.29, 1.82) is 0 Å². The summed E-state index contributed by atoms with van der Waals surface area (Å²) in [6, 6.07) is 3.57. The first kappa shape index (κ1) is 18.7. The zero-order valence-electron chi connectivity index (χ0n) is 15.8. The normalized spacial score (nSPS) is 16.0. The van der Waals surface area contributed by atoms with E-state index in [1.165, 1.54) is 0 Å². The number of benzene rings is 1. The average molecular weight is 362 g/mol. The fraction of sp³-hybridized carbons (Fsp3) is 0.550. The Hall–Kier alpha value is -2.08.